The molecule has 1 aromatic carbocycles. The topological polar surface area (TPSA) is 46.2 Å². The van der Waals surface area contributed by atoms with Crippen LogP contribution in [-0.4, -0.2) is 40.3 Å². The molecule has 0 saturated heterocycles. The van der Waals surface area contributed by atoms with Crippen molar-refractivity contribution in [3.05, 3.63) is 18.2 Å². The van der Waals surface area contributed by atoms with Crippen LogP contribution in [0.4, 0.5) is 0 Å². The molecule has 0 aliphatic carbocycles. The number of hydrogen-bond donors (Lipinski definition) is 0. The molecule has 0 unspecified atom stereocenters. The second-order valence-electron chi connectivity index (χ2n) is 3.61. The lowest BCUT2D eigenvalue weighted by Gasteiger charge is -2.15. The molecule has 0 saturated carbocycles. The molecule has 0 fully saturated rings. The van der Waals surface area contributed by atoms with Crippen LogP contribution in [0, 0.1) is 0 Å². The van der Waals surface area contributed by atoms with Crippen molar-refractivity contribution in [3.63, 3.8) is 0 Å². The van der Waals surface area contributed by atoms with E-state index in [4.69, 9.17) is 23.7 Å². The molecule has 0 radical (unpaired) electrons. The average molecular weight is 270 g/mol. The van der Waals surface area contributed by atoms with Crippen LogP contribution in [0.3, 0.4) is 0 Å². The number of para-hydroxylation sites is 1. The highest BCUT2D eigenvalue weighted by molar-refractivity contribution is 5.51. The van der Waals surface area contributed by atoms with Crippen molar-refractivity contribution in [1.82, 2.24) is 0 Å². The minimum atomic E-state index is 0.152. The van der Waals surface area contributed by atoms with E-state index >= 15 is 0 Å². The van der Waals surface area contributed by atoms with E-state index in [1.807, 2.05) is 32.0 Å². The van der Waals surface area contributed by atoms with Crippen molar-refractivity contribution in [1.29, 1.82) is 0 Å². The van der Waals surface area contributed by atoms with Gasteiger partial charge >= 0.3 is 0 Å². The highest BCUT2D eigenvalue weighted by atomic mass is 16.7. The molecule has 0 amide bonds. The molecule has 1 aromatic rings. The Bertz CT molecular complexity index is 354. The Morgan fingerprint density at radius 3 is 2.21 bits per heavy atom. The first kappa shape index (κ1) is 15.6. The second kappa shape index (κ2) is 9.47. The van der Waals surface area contributed by atoms with Gasteiger partial charge in [-0.1, -0.05) is 6.07 Å². The van der Waals surface area contributed by atoms with Gasteiger partial charge in [-0.05, 0) is 26.0 Å². The van der Waals surface area contributed by atoms with Crippen LogP contribution in [0.5, 0.6) is 17.2 Å². The highest BCUT2D eigenvalue weighted by Crippen LogP contribution is 2.37. The third-order valence-corrected chi connectivity index (χ3v) is 2.26. The minimum Gasteiger partial charge on any atom is -0.490 e. The van der Waals surface area contributed by atoms with Crippen LogP contribution in [0.25, 0.3) is 0 Å². The Kier molecular flexibility index (Phi) is 7.77. The molecule has 5 heteroatoms. The zero-order chi connectivity index (χ0) is 13.9. The van der Waals surface area contributed by atoms with Gasteiger partial charge in [0.25, 0.3) is 0 Å². The van der Waals surface area contributed by atoms with Crippen LogP contribution in [0.15, 0.2) is 18.2 Å². The number of benzene rings is 1. The van der Waals surface area contributed by atoms with E-state index < -0.39 is 0 Å². The molecular weight excluding hydrogens is 248 g/mol. The standard InChI is InChI=1S/C14H22O5/c1-4-17-12-7-6-8-13(14(12)18-5-2)19-11-16-10-9-15-3/h6-8H,4-5,9-11H2,1-3H3. The van der Waals surface area contributed by atoms with E-state index in [-0.39, 0.29) is 6.79 Å². The van der Waals surface area contributed by atoms with E-state index in [2.05, 4.69) is 0 Å². The molecule has 0 spiro atoms. The molecule has 0 bridgehead atoms. The summed E-state index contributed by atoms with van der Waals surface area (Å²) in [4.78, 5) is 0. The SMILES string of the molecule is CCOc1cccc(OCOCCOC)c1OCC. The maximum Gasteiger partial charge on any atom is 0.203 e. The summed E-state index contributed by atoms with van der Waals surface area (Å²) in [6.07, 6.45) is 0. The van der Waals surface area contributed by atoms with E-state index in [1.54, 1.807) is 7.11 Å². The molecule has 5 nitrogen and oxygen atoms in total. The van der Waals surface area contributed by atoms with E-state index in [0.29, 0.717) is 43.7 Å². The van der Waals surface area contributed by atoms with Gasteiger partial charge in [0.1, 0.15) is 0 Å². The summed E-state index contributed by atoms with van der Waals surface area (Å²) in [5, 5.41) is 0. The zero-order valence-electron chi connectivity index (χ0n) is 11.8. The number of methoxy groups -OCH3 is 1. The summed E-state index contributed by atoms with van der Waals surface area (Å²) in [6, 6.07) is 5.54. The van der Waals surface area contributed by atoms with Gasteiger partial charge in [-0.2, -0.15) is 0 Å². The summed E-state index contributed by atoms with van der Waals surface area (Å²) in [6.45, 7) is 6.16. The Morgan fingerprint density at radius 2 is 1.58 bits per heavy atom. The van der Waals surface area contributed by atoms with Crippen molar-refractivity contribution < 1.29 is 23.7 Å². The zero-order valence-corrected chi connectivity index (χ0v) is 11.8. The Morgan fingerprint density at radius 1 is 0.895 bits per heavy atom. The van der Waals surface area contributed by atoms with Gasteiger partial charge in [0, 0.05) is 7.11 Å². The minimum absolute atomic E-state index is 0.152. The van der Waals surface area contributed by atoms with Gasteiger partial charge in [0.2, 0.25) is 5.75 Å². The lowest BCUT2D eigenvalue weighted by molar-refractivity contribution is -0.00978. The molecule has 0 N–H and O–H groups in total. The van der Waals surface area contributed by atoms with Crippen molar-refractivity contribution in [2.45, 2.75) is 13.8 Å². The maximum absolute atomic E-state index is 5.57. The summed E-state index contributed by atoms with van der Waals surface area (Å²) in [5.41, 5.74) is 0. The van der Waals surface area contributed by atoms with Crippen LogP contribution >= 0.6 is 0 Å². The first-order chi connectivity index (χ1) is 9.33. The Balaban J connectivity index is 2.61. The van der Waals surface area contributed by atoms with Crippen molar-refractivity contribution >= 4 is 0 Å². The molecule has 19 heavy (non-hydrogen) atoms. The van der Waals surface area contributed by atoms with E-state index in [0.717, 1.165) is 0 Å². The lowest BCUT2D eigenvalue weighted by Crippen LogP contribution is -2.09. The predicted molar refractivity (Wildman–Crippen MR) is 72.1 cm³/mol. The first-order valence-corrected chi connectivity index (χ1v) is 6.41. The predicted octanol–water partition coefficient (Wildman–Crippen LogP) is 2.48. The molecular formula is C14H22O5. The quantitative estimate of drug-likeness (QED) is 0.483. The normalized spacial score (nSPS) is 10.3. The monoisotopic (exact) mass is 270 g/mol. The molecule has 1 rings (SSSR count). The molecule has 0 aliphatic rings. The van der Waals surface area contributed by atoms with Gasteiger partial charge in [-0.25, -0.2) is 0 Å². The second-order valence-corrected chi connectivity index (χ2v) is 3.61. The van der Waals surface area contributed by atoms with Gasteiger partial charge in [0.15, 0.2) is 18.3 Å². The lowest BCUT2D eigenvalue weighted by atomic mass is 10.3. The summed E-state index contributed by atoms with van der Waals surface area (Å²) in [7, 11) is 1.63. The first-order valence-electron chi connectivity index (χ1n) is 6.41. The van der Waals surface area contributed by atoms with Crippen LogP contribution in [-0.2, 0) is 9.47 Å². The largest absolute Gasteiger partial charge is 0.490 e. The van der Waals surface area contributed by atoms with Crippen molar-refractivity contribution in [2.75, 3.05) is 40.3 Å². The number of ether oxygens (including phenoxy) is 5. The van der Waals surface area contributed by atoms with Crippen molar-refractivity contribution in [2.24, 2.45) is 0 Å². The average Bonchev–Trinajstić information content (AvgIpc) is 2.42. The van der Waals surface area contributed by atoms with Gasteiger partial charge < -0.3 is 23.7 Å². The van der Waals surface area contributed by atoms with Gasteiger partial charge in [-0.15, -0.1) is 0 Å². The molecule has 0 heterocycles. The third-order valence-electron chi connectivity index (χ3n) is 2.26. The fourth-order valence-electron chi connectivity index (χ4n) is 1.47. The smallest absolute Gasteiger partial charge is 0.203 e. The number of rotatable bonds is 10. The highest BCUT2D eigenvalue weighted by Gasteiger charge is 2.11. The molecule has 0 aliphatic heterocycles. The third kappa shape index (κ3) is 5.36. The molecule has 0 atom stereocenters. The van der Waals surface area contributed by atoms with Crippen LogP contribution < -0.4 is 14.2 Å². The van der Waals surface area contributed by atoms with Crippen molar-refractivity contribution in [3.8, 4) is 17.2 Å². The molecule has 0 aromatic heterocycles. The Hall–Kier alpha value is -1.46. The summed E-state index contributed by atoms with van der Waals surface area (Å²) >= 11 is 0. The fraction of sp³-hybridized carbons (Fsp3) is 0.571. The maximum atomic E-state index is 5.57. The summed E-state index contributed by atoms with van der Waals surface area (Å²) < 4.78 is 26.8. The fourth-order valence-corrected chi connectivity index (χ4v) is 1.47. The van der Waals surface area contributed by atoms with Gasteiger partial charge in [-0.3, -0.25) is 0 Å². The summed E-state index contributed by atoms with van der Waals surface area (Å²) in [5.74, 6) is 1.91. The van der Waals surface area contributed by atoms with Gasteiger partial charge in [0.05, 0.1) is 26.4 Å². The van der Waals surface area contributed by atoms with Crippen LogP contribution in [0.1, 0.15) is 13.8 Å². The number of hydrogen-bond acceptors (Lipinski definition) is 5. The van der Waals surface area contributed by atoms with E-state index in [1.165, 1.54) is 0 Å². The van der Waals surface area contributed by atoms with E-state index in [9.17, 15) is 0 Å². The molecule has 108 valence electrons. The van der Waals surface area contributed by atoms with Crippen LogP contribution in [0.2, 0.25) is 0 Å². The Labute approximate surface area is 114 Å².